The van der Waals surface area contributed by atoms with Crippen LogP contribution in [0.4, 0.5) is 4.79 Å². The molecule has 34 heavy (non-hydrogen) atoms. The summed E-state index contributed by atoms with van der Waals surface area (Å²) in [6.07, 6.45) is 6.47. The highest BCUT2D eigenvalue weighted by atomic mass is 35.5. The van der Waals surface area contributed by atoms with Gasteiger partial charge in [0.05, 0.1) is 16.1 Å². The molecular weight excluding hydrogens is 500 g/mol. The molecule has 1 aliphatic carbocycles. The van der Waals surface area contributed by atoms with Crippen molar-refractivity contribution >= 4 is 42.6 Å². The molecule has 0 radical (unpaired) electrons. The first-order chi connectivity index (χ1) is 16.1. The maximum absolute atomic E-state index is 12.8. The first-order valence-electron chi connectivity index (χ1n) is 12.0. The van der Waals surface area contributed by atoms with Gasteiger partial charge in [0, 0.05) is 25.3 Å². The average Bonchev–Trinajstić information content (AvgIpc) is 2.78. The summed E-state index contributed by atoms with van der Waals surface area (Å²) in [7, 11) is -3.29. The van der Waals surface area contributed by atoms with Gasteiger partial charge in [-0.05, 0) is 56.2 Å². The average molecular weight is 536 g/mol. The van der Waals surface area contributed by atoms with Crippen molar-refractivity contribution in [1.29, 1.82) is 0 Å². The lowest BCUT2D eigenvalue weighted by molar-refractivity contribution is -0.152. The minimum absolute atomic E-state index is 0.132. The fourth-order valence-electron chi connectivity index (χ4n) is 4.25. The Bertz CT molecular complexity index is 862. The zero-order valence-electron chi connectivity index (χ0n) is 20.0. The van der Waals surface area contributed by atoms with Gasteiger partial charge >= 0.3 is 12.1 Å². The Morgan fingerprint density at radius 2 is 1.88 bits per heavy atom. The summed E-state index contributed by atoms with van der Waals surface area (Å²) in [5, 5.41) is 0.763. The van der Waals surface area contributed by atoms with Gasteiger partial charge in [0.25, 0.3) is 0 Å². The predicted octanol–water partition coefficient (Wildman–Crippen LogP) is 7.03. The molecule has 0 spiro atoms. The number of halogens is 2. The molecule has 0 saturated heterocycles. The highest BCUT2D eigenvalue weighted by Gasteiger charge is 2.28. The summed E-state index contributed by atoms with van der Waals surface area (Å²) in [5.41, 5.74) is 0.740. The molecule has 10 heteroatoms. The van der Waals surface area contributed by atoms with E-state index in [1.165, 1.54) is 11.3 Å². The molecule has 2 rings (SSSR count). The van der Waals surface area contributed by atoms with Crippen LogP contribution in [0.25, 0.3) is 0 Å². The zero-order valence-corrected chi connectivity index (χ0v) is 22.4. The molecule has 1 unspecified atom stereocenters. The van der Waals surface area contributed by atoms with E-state index >= 15 is 0 Å². The highest BCUT2D eigenvalue weighted by Crippen LogP contribution is 2.46. The van der Waals surface area contributed by atoms with Crippen LogP contribution in [0.3, 0.4) is 0 Å². The lowest BCUT2D eigenvalue weighted by Crippen LogP contribution is -2.36. The molecule has 1 aromatic carbocycles. The Labute approximate surface area is 212 Å². The lowest BCUT2D eigenvalue weighted by atomic mass is 9.91. The van der Waals surface area contributed by atoms with Crippen LogP contribution < -0.4 is 0 Å². The summed E-state index contributed by atoms with van der Waals surface area (Å²) in [5.74, 6) is -0.137. The van der Waals surface area contributed by atoms with Crippen molar-refractivity contribution in [3.8, 4) is 0 Å². The minimum Gasteiger partial charge on any atom is -0.428 e. The SMILES string of the molecule is CCCC(=O)OCOC(=O)N(CCCP(=O)(O)CC1CCCCC1)[C@H](C)c1ccc(Cl)c(Cl)c1. The van der Waals surface area contributed by atoms with Crippen molar-refractivity contribution in [1.82, 2.24) is 4.90 Å². The second-order valence-electron chi connectivity index (χ2n) is 8.95. The molecule has 0 heterocycles. The third kappa shape index (κ3) is 9.77. The van der Waals surface area contributed by atoms with Crippen molar-refractivity contribution in [3.05, 3.63) is 33.8 Å². The quantitative estimate of drug-likeness (QED) is 0.175. The summed E-state index contributed by atoms with van der Waals surface area (Å²) in [6, 6.07) is 4.65. The van der Waals surface area contributed by atoms with Crippen molar-refractivity contribution in [2.45, 2.75) is 71.3 Å². The molecule has 1 fully saturated rings. The molecule has 1 N–H and O–H groups in total. The van der Waals surface area contributed by atoms with Crippen LogP contribution >= 0.6 is 30.6 Å². The fourth-order valence-corrected chi connectivity index (χ4v) is 6.55. The number of carbonyl (C=O) groups excluding carboxylic acids is 2. The van der Waals surface area contributed by atoms with Gasteiger partial charge in [0.2, 0.25) is 14.2 Å². The number of amides is 1. The molecule has 0 aliphatic heterocycles. The van der Waals surface area contributed by atoms with E-state index in [1.807, 2.05) is 13.8 Å². The van der Waals surface area contributed by atoms with Gasteiger partial charge in [0.15, 0.2) is 0 Å². The molecule has 1 aliphatic rings. The molecule has 1 aromatic rings. The van der Waals surface area contributed by atoms with E-state index in [4.69, 9.17) is 32.7 Å². The Balaban J connectivity index is 2.01. The molecule has 7 nitrogen and oxygen atoms in total. The number of rotatable bonds is 12. The van der Waals surface area contributed by atoms with Crippen LogP contribution in [0.5, 0.6) is 0 Å². The van der Waals surface area contributed by atoms with E-state index in [1.54, 1.807) is 18.2 Å². The Kier molecular flexibility index (Phi) is 12.2. The predicted molar refractivity (Wildman–Crippen MR) is 135 cm³/mol. The van der Waals surface area contributed by atoms with Crippen LogP contribution in [-0.2, 0) is 18.8 Å². The Hall–Kier alpha value is -1.27. The van der Waals surface area contributed by atoms with Crippen molar-refractivity contribution in [2.75, 3.05) is 25.7 Å². The van der Waals surface area contributed by atoms with E-state index in [0.717, 1.165) is 31.2 Å². The van der Waals surface area contributed by atoms with Crippen LogP contribution in [0.1, 0.15) is 76.8 Å². The number of esters is 1. The zero-order chi connectivity index (χ0) is 25.1. The number of nitrogens with zero attached hydrogens (tertiary/aromatic N) is 1. The topological polar surface area (TPSA) is 93.1 Å². The number of hydrogen-bond acceptors (Lipinski definition) is 5. The maximum Gasteiger partial charge on any atom is 0.413 e. The standard InChI is InChI=1S/C24H36Cl2NO6P/c1-3-8-23(28)32-17-33-24(29)27(18(2)20-11-12-21(25)22(26)15-20)13-7-14-34(30,31)16-19-9-5-4-6-10-19/h11-12,15,18-19H,3-10,13-14,16-17H2,1-2H3,(H,30,31)/t18-/m1/s1. The van der Waals surface area contributed by atoms with Crippen molar-refractivity contribution < 1.29 is 28.5 Å². The first kappa shape index (κ1) is 29.0. The van der Waals surface area contributed by atoms with E-state index in [0.29, 0.717) is 35.0 Å². The highest BCUT2D eigenvalue weighted by molar-refractivity contribution is 7.58. The summed E-state index contributed by atoms with van der Waals surface area (Å²) < 4.78 is 22.9. The number of hydrogen-bond donors (Lipinski definition) is 1. The number of carbonyl (C=O) groups is 2. The number of ether oxygens (including phenoxy) is 2. The largest absolute Gasteiger partial charge is 0.428 e. The van der Waals surface area contributed by atoms with Crippen LogP contribution in [0.2, 0.25) is 10.0 Å². The molecule has 1 saturated carbocycles. The first-order valence-corrected chi connectivity index (χ1v) is 14.8. The normalized spacial score (nSPS) is 17.0. The summed E-state index contributed by atoms with van der Waals surface area (Å²) >= 11 is 12.2. The van der Waals surface area contributed by atoms with Gasteiger partial charge in [0.1, 0.15) is 0 Å². The molecule has 0 aromatic heterocycles. The fraction of sp³-hybridized carbons (Fsp3) is 0.667. The van der Waals surface area contributed by atoms with E-state index < -0.39 is 32.3 Å². The second kappa shape index (κ2) is 14.3. The summed E-state index contributed by atoms with van der Waals surface area (Å²) in [6.45, 7) is 3.38. The van der Waals surface area contributed by atoms with Crippen LogP contribution in [0, 0.1) is 5.92 Å². The third-order valence-electron chi connectivity index (χ3n) is 6.16. The monoisotopic (exact) mass is 535 g/mol. The summed E-state index contributed by atoms with van der Waals surface area (Å²) in [4.78, 5) is 36.4. The third-order valence-corrected chi connectivity index (χ3v) is 9.00. The van der Waals surface area contributed by atoms with E-state index in [-0.39, 0.29) is 19.1 Å². The van der Waals surface area contributed by atoms with Gasteiger partial charge in [-0.15, -0.1) is 0 Å². The van der Waals surface area contributed by atoms with Gasteiger partial charge in [-0.25, -0.2) is 4.79 Å². The van der Waals surface area contributed by atoms with E-state index in [9.17, 15) is 19.0 Å². The molecule has 192 valence electrons. The van der Waals surface area contributed by atoms with Gasteiger partial charge in [-0.1, -0.05) is 55.5 Å². The number of benzene rings is 1. The minimum atomic E-state index is -3.29. The van der Waals surface area contributed by atoms with Gasteiger partial charge in [-0.2, -0.15) is 0 Å². The molecule has 1 amide bonds. The van der Waals surface area contributed by atoms with Gasteiger partial charge in [-0.3, -0.25) is 9.36 Å². The Morgan fingerprint density at radius 1 is 1.18 bits per heavy atom. The van der Waals surface area contributed by atoms with Crippen LogP contribution in [-0.4, -0.2) is 47.5 Å². The second-order valence-corrected chi connectivity index (χ2v) is 12.3. The smallest absolute Gasteiger partial charge is 0.413 e. The lowest BCUT2D eigenvalue weighted by Gasteiger charge is -2.29. The van der Waals surface area contributed by atoms with Crippen LogP contribution in [0.15, 0.2) is 18.2 Å². The van der Waals surface area contributed by atoms with Crippen molar-refractivity contribution in [3.63, 3.8) is 0 Å². The van der Waals surface area contributed by atoms with E-state index in [2.05, 4.69) is 0 Å². The molecule has 0 bridgehead atoms. The molecular formula is C24H36Cl2NO6P. The van der Waals surface area contributed by atoms with Crippen molar-refractivity contribution in [2.24, 2.45) is 5.92 Å². The molecule has 2 atom stereocenters. The Morgan fingerprint density at radius 3 is 2.53 bits per heavy atom. The van der Waals surface area contributed by atoms with Gasteiger partial charge < -0.3 is 19.3 Å². The maximum atomic E-state index is 12.8.